The molecule has 21 heavy (non-hydrogen) atoms. The van der Waals surface area contributed by atoms with Crippen LogP contribution in [0.5, 0.6) is 5.75 Å². The van der Waals surface area contributed by atoms with Crippen LogP contribution in [0.3, 0.4) is 0 Å². The summed E-state index contributed by atoms with van der Waals surface area (Å²) in [5.41, 5.74) is 1.88. The first-order valence-corrected chi connectivity index (χ1v) is 7.06. The summed E-state index contributed by atoms with van der Waals surface area (Å²) in [5.74, 6) is 2.20. The van der Waals surface area contributed by atoms with Gasteiger partial charge in [-0.2, -0.15) is 4.98 Å². The van der Waals surface area contributed by atoms with Gasteiger partial charge in [0.25, 0.3) is 0 Å². The Kier molecular flexibility index (Phi) is 3.79. The van der Waals surface area contributed by atoms with Crippen LogP contribution in [0.15, 0.2) is 29.0 Å². The average Bonchev–Trinajstić information content (AvgIpc) is 3.11. The van der Waals surface area contributed by atoms with E-state index in [-0.39, 0.29) is 5.38 Å². The molecular formula is C14H15ClN4O2. The highest BCUT2D eigenvalue weighted by atomic mass is 35.5. The van der Waals surface area contributed by atoms with Gasteiger partial charge in [0.2, 0.25) is 5.89 Å². The number of ether oxygens (including phenoxy) is 1. The number of rotatable bonds is 5. The van der Waals surface area contributed by atoms with Crippen molar-refractivity contribution >= 4 is 22.6 Å². The van der Waals surface area contributed by atoms with Crippen molar-refractivity contribution in [3.63, 3.8) is 0 Å². The van der Waals surface area contributed by atoms with Gasteiger partial charge in [0, 0.05) is 19.0 Å². The molecule has 110 valence electrons. The van der Waals surface area contributed by atoms with Crippen LogP contribution in [0.1, 0.15) is 24.0 Å². The van der Waals surface area contributed by atoms with Crippen LogP contribution in [0.25, 0.3) is 11.0 Å². The van der Waals surface area contributed by atoms with Gasteiger partial charge in [0.05, 0.1) is 23.5 Å². The molecule has 0 spiro atoms. The van der Waals surface area contributed by atoms with Gasteiger partial charge in [-0.25, -0.2) is 4.98 Å². The van der Waals surface area contributed by atoms with Crippen molar-refractivity contribution in [1.82, 2.24) is 19.7 Å². The van der Waals surface area contributed by atoms with Crippen molar-refractivity contribution < 1.29 is 9.26 Å². The van der Waals surface area contributed by atoms with Crippen LogP contribution in [0, 0.1) is 0 Å². The smallest absolute Gasteiger partial charge is 0.228 e. The second-order valence-electron chi connectivity index (χ2n) is 4.68. The van der Waals surface area contributed by atoms with Gasteiger partial charge >= 0.3 is 0 Å². The molecule has 0 fully saturated rings. The predicted molar refractivity (Wildman–Crippen MR) is 78.6 cm³/mol. The second kappa shape index (κ2) is 5.73. The molecule has 7 heteroatoms. The molecule has 0 radical (unpaired) electrons. The number of alkyl halides is 1. The van der Waals surface area contributed by atoms with Gasteiger partial charge in [-0.15, -0.1) is 11.6 Å². The summed E-state index contributed by atoms with van der Waals surface area (Å²) in [6, 6.07) is 5.78. The Hall–Kier alpha value is -2.08. The number of aryl methyl sites for hydroxylation is 2. The molecule has 2 heterocycles. The fraction of sp³-hybridized carbons (Fsp3) is 0.357. The summed E-state index contributed by atoms with van der Waals surface area (Å²) in [4.78, 5) is 8.63. The van der Waals surface area contributed by atoms with E-state index < -0.39 is 0 Å². The van der Waals surface area contributed by atoms with Crippen LogP contribution >= 0.6 is 11.6 Å². The third-order valence-electron chi connectivity index (χ3n) is 3.30. The van der Waals surface area contributed by atoms with Gasteiger partial charge < -0.3 is 13.8 Å². The molecule has 0 aliphatic carbocycles. The molecule has 1 aromatic carbocycles. The number of nitrogens with zero attached hydrogens (tertiary/aromatic N) is 4. The molecule has 6 nitrogen and oxygen atoms in total. The van der Waals surface area contributed by atoms with E-state index in [1.165, 1.54) is 6.33 Å². The second-order valence-corrected chi connectivity index (χ2v) is 5.33. The minimum Gasteiger partial charge on any atom is -0.497 e. The molecule has 0 aliphatic rings. The molecule has 3 aromatic rings. The predicted octanol–water partition coefficient (Wildman–Crippen LogP) is 2.97. The summed E-state index contributed by atoms with van der Waals surface area (Å²) in [6.45, 7) is 2.57. The van der Waals surface area contributed by atoms with E-state index in [4.69, 9.17) is 20.9 Å². The van der Waals surface area contributed by atoms with Crippen molar-refractivity contribution in [3.05, 3.63) is 36.2 Å². The van der Waals surface area contributed by atoms with E-state index in [1.807, 2.05) is 25.1 Å². The van der Waals surface area contributed by atoms with E-state index in [1.54, 1.807) is 7.11 Å². The van der Waals surface area contributed by atoms with E-state index >= 15 is 0 Å². The van der Waals surface area contributed by atoms with Crippen molar-refractivity contribution in [1.29, 1.82) is 0 Å². The molecule has 1 unspecified atom stereocenters. The number of halogens is 1. The number of imidazole rings is 1. The monoisotopic (exact) mass is 306 g/mol. The zero-order valence-electron chi connectivity index (χ0n) is 11.8. The van der Waals surface area contributed by atoms with E-state index in [2.05, 4.69) is 19.7 Å². The van der Waals surface area contributed by atoms with Crippen molar-refractivity contribution in [2.45, 2.75) is 25.3 Å². The molecule has 0 aliphatic heterocycles. The maximum absolute atomic E-state index is 6.25. The standard InChI is InChI=1S/C14H15ClN4O2/c1-9(15)14-18-11-4-3-10(20-2)7-12(11)19(14)6-5-13-16-8-17-21-13/h3-4,7-9H,5-6H2,1-2H3. The van der Waals surface area contributed by atoms with Crippen molar-refractivity contribution in [2.24, 2.45) is 0 Å². The van der Waals surface area contributed by atoms with E-state index in [0.29, 0.717) is 18.9 Å². The van der Waals surface area contributed by atoms with Crippen LogP contribution in [0.2, 0.25) is 0 Å². The zero-order valence-corrected chi connectivity index (χ0v) is 12.5. The van der Waals surface area contributed by atoms with E-state index in [0.717, 1.165) is 22.6 Å². The van der Waals surface area contributed by atoms with Gasteiger partial charge in [-0.3, -0.25) is 0 Å². The highest BCUT2D eigenvalue weighted by molar-refractivity contribution is 6.20. The molecular weight excluding hydrogens is 292 g/mol. The average molecular weight is 307 g/mol. The first-order valence-electron chi connectivity index (χ1n) is 6.63. The lowest BCUT2D eigenvalue weighted by Gasteiger charge is -2.09. The lowest BCUT2D eigenvalue weighted by molar-refractivity contribution is 0.370. The van der Waals surface area contributed by atoms with Gasteiger partial charge in [0.1, 0.15) is 11.6 Å². The van der Waals surface area contributed by atoms with Crippen LogP contribution < -0.4 is 4.74 Å². The van der Waals surface area contributed by atoms with Crippen molar-refractivity contribution in [3.8, 4) is 5.75 Å². The van der Waals surface area contributed by atoms with Crippen molar-refractivity contribution in [2.75, 3.05) is 7.11 Å². The Morgan fingerprint density at radius 1 is 1.43 bits per heavy atom. The number of benzene rings is 1. The summed E-state index contributed by atoms with van der Waals surface area (Å²) >= 11 is 6.25. The first kappa shape index (κ1) is 13.9. The van der Waals surface area contributed by atoms with Gasteiger partial charge in [-0.1, -0.05) is 5.16 Å². The summed E-state index contributed by atoms with van der Waals surface area (Å²) in [6.07, 6.45) is 2.02. The Labute approximate surface area is 126 Å². The Morgan fingerprint density at radius 3 is 2.95 bits per heavy atom. The molecule has 0 bridgehead atoms. The lowest BCUT2D eigenvalue weighted by Crippen LogP contribution is -2.07. The molecule has 1 atom stereocenters. The molecule has 0 saturated heterocycles. The zero-order chi connectivity index (χ0) is 14.8. The Morgan fingerprint density at radius 2 is 2.29 bits per heavy atom. The third-order valence-corrected chi connectivity index (χ3v) is 3.49. The maximum Gasteiger partial charge on any atom is 0.228 e. The van der Waals surface area contributed by atoms with Crippen LogP contribution in [-0.4, -0.2) is 26.8 Å². The number of hydrogen-bond acceptors (Lipinski definition) is 5. The number of methoxy groups -OCH3 is 1. The Balaban J connectivity index is 2.01. The maximum atomic E-state index is 6.25. The molecule has 0 saturated carbocycles. The third kappa shape index (κ3) is 2.71. The normalized spacial score (nSPS) is 12.7. The quantitative estimate of drug-likeness (QED) is 0.678. The van der Waals surface area contributed by atoms with Crippen LogP contribution in [-0.2, 0) is 13.0 Å². The van der Waals surface area contributed by atoms with Gasteiger partial charge in [-0.05, 0) is 19.1 Å². The van der Waals surface area contributed by atoms with E-state index in [9.17, 15) is 0 Å². The fourth-order valence-corrected chi connectivity index (χ4v) is 2.47. The lowest BCUT2D eigenvalue weighted by atomic mass is 10.3. The highest BCUT2D eigenvalue weighted by Gasteiger charge is 2.16. The summed E-state index contributed by atoms with van der Waals surface area (Å²) in [7, 11) is 1.64. The first-order chi connectivity index (χ1) is 10.2. The highest BCUT2D eigenvalue weighted by Crippen LogP contribution is 2.27. The molecule has 2 aromatic heterocycles. The minimum atomic E-state index is -0.189. The summed E-state index contributed by atoms with van der Waals surface area (Å²) in [5, 5.41) is 3.42. The summed E-state index contributed by atoms with van der Waals surface area (Å²) < 4.78 is 12.4. The Bertz CT molecular complexity index is 737. The number of aromatic nitrogens is 4. The topological polar surface area (TPSA) is 66.0 Å². The minimum absolute atomic E-state index is 0.189. The molecule has 3 rings (SSSR count). The largest absolute Gasteiger partial charge is 0.497 e. The number of hydrogen-bond donors (Lipinski definition) is 0. The van der Waals surface area contributed by atoms with Gasteiger partial charge in [0.15, 0.2) is 6.33 Å². The fourth-order valence-electron chi connectivity index (χ4n) is 2.30. The molecule has 0 amide bonds. The SMILES string of the molecule is COc1ccc2nc(C(C)Cl)n(CCc3ncno3)c2c1. The molecule has 0 N–H and O–H groups in total. The van der Waals surface area contributed by atoms with Crippen LogP contribution in [0.4, 0.5) is 0 Å². The number of fused-ring (bicyclic) bond motifs is 1.